The molecule has 8 heteroatoms. The second-order valence-electron chi connectivity index (χ2n) is 7.36. The quantitative estimate of drug-likeness (QED) is 0.553. The molecule has 1 aromatic heterocycles. The molecule has 0 aliphatic heterocycles. The first kappa shape index (κ1) is 22.4. The Bertz CT molecular complexity index is 1200. The zero-order valence-corrected chi connectivity index (χ0v) is 18.7. The van der Waals surface area contributed by atoms with Gasteiger partial charge in [-0.1, -0.05) is 36.4 Å². The number of hydrogen-bond donors (Lipinski definition) is 2. The minimum absolute atomic E-state index is 0.0169. The summed E-state index contributed by atoms with van der Waals surface area (Å²) in [6.45, 7) is 4.30. The van der Waals surface area contributed by atoms with E-state index in [1.807, 2.05) is 36.4 Å². The molecule has 3 rings (SSSR count). The SMILES string of the molecule is Cc1ccc(SCCC(=O)N(C)c2c(N)n(Cc3ccccc3)c(=O)[nH]c2=O)cc1C. The van der Waals surface area contributed by atoms with Crippen LogP contribution in [0, 0.1) is 13.8 Å². The van der Waals surface area contributed by atoms with E-state index >= 15 is 0 Å². The second kappa shape index (κ2) is 9.70. The van der Waals surface area contributed by atoms with Crippen LogP contribution in [-0.4, -0.2) is 28.3 Å². The van der Waals surface area contributed by atoms with Crippen molar-refractivity contribution < 1.29 is 4.79 Å². The summed E-state index contributed by atoms with van der Waals surface area (Å²) < 4.78 is 1.26. The van der Waals surface area contributed by atoms with Gasteiger partial charge in [0.05, 0.1) is 6.54 Å². The number of aryl methyl sites for hydroxylation is 2. The number of nitrogens with two attached hydrogens (primary N) is 1. The molecule has 0 saturated carbocycles. The van der Waals surface area contributed by atoms with Crippen LogP contribution in [0.2, 0.25) is 0 Å². The molecule has 0 spiro atoms. The van der Waals surface area contributed by atoms with Crippen LogP contribution in [0.1, 0.15) is 23.1 Å². The Hall–Kier alpha value is -3.26. The average Bonchev–Trinajstić information content (AvgIpc) is 2.74. The fraction of sp³-hybridized carbons (Fsp3) is 0.261. The number of aromatic amines is 1. The lowest BCUT2D eigenvalue weighted by Crippen LogP contribution is -2.39. The third-order valence-corrected chi connectivity index (χ3v) is 6.17. The molecule has 0 saturated heterocycles. The van der Waals surface area contributed by atoms with E-state index in [9.17, 15) is 14.4 Å². The molecular formula is C23H26N4O3S. The lowest BCUT2D eigenvalue weighted by Gasteiger charge is -2.20. The highest BCUT2D eigenvalue weighted by Crippen LogP contribution is 2.23. The monoisotopic (exact) mass is 438 g/mol. The van der Waals surface area contributed by atoms with Gasteiger partial charge in [-0.3, -0.25) is 19.1 Å². The molecule has 1 amide bonds. The molecule has 7 nitrogen and oxygen atoms in total. The van der Waals surface area contributed by atoms with Crippen LogP contribution in [0.25, 0.3) is 0 Å². The number of carbonyl (C=O) groups excluding carboxylic acids is 1. The fourth-order valence-corrected chi connectivity index (χ4v) is 4.11. The topological polar surface area (TPSA) is 101 Å². The first-order chi connectivity index (χ1) is 14.8. The summed E-state index contributed by atoms with van der Waals surface area (Å²) in [5, 5.41) is 0. The Morgan fingerprint density at radius 3 is 2.48 bits per heavy atom. The van der Waals surface area contributed by atoms with Crippen LogP contribution >= 0.6 is 11.8 Å². The van der Waals surface area contributed by atoms with Gasteiger partial charge in [0, 0.05) is 24.1 Å². The first-order valence-electron chi connectivity index (χ1n) is 9.91. The van der Waals surface area contributed by atoms with Gasteiger partial charge in [-0.05, 0) is 42.7 Å². The van der Waals surface area contributed by atoms with Gasteiger partial charge in [0.2, 0.25) is 5.91 Å². The van der Waals surface area contributed by atoms with E-state index in [0.29, 0.717) is 5.75 Å². The van der Waals surface area contributed by atoms with Crippen LogP contribution in [0.15, 0.2) is 63.0 Å². The van der Waals surface area contributed by atoms with Crippen LogP contribution in [0.5, 0.6) is 0 Å². The van der Waals surface area contributed by atoms with E-state index in [1.54, 1.807) is 11.8 Å². The highest BCUT2D eigenvalue weighted by atomic mass is 32.2. The summed E-state index contributed by atoms with van der Waals surface area (Å²) in [6.07, 6.45) is 0.227. The Morgan fingerprint density at radius 1 is 1.10 bits per heavy atom. The number of nitrogen functional groups attached to an aromatic ring is 1. The Kier molecular flexibility index (Phi) is 7.02. The van der Waals surface area contributed by atoms with Crippen molar-refractivity contribution in [3.05, 3.63) is 86.1 Å². The summed E-state index contributed by atoms with van der Waals surface area (Å²) in [5.74, 6) is 0.279. The maximum Gasteiger partial charge on any atom is 0.330 e. The van der Waals surface area contributed by atoms with Crippen molar-refractivity contribution in [1.29, 1.82) is 0 Å². The molecule has 0 radical (unpaired) electrons. The number of carbonyl (C=O) groups is 1. The molecule has 3 aromatic rings. The highest BCUT2D eigenvalue weighted by Gasteiger charge is 2.21. The predicted octanol–water partition coefficient (Wildman–Crippen LogP) is 2.93. The van der Waals surface area contributed by atoms with Crippen molar-refractivity contribution in [3.63, 3.8) is 0 Å². The van der Waals surface area contributed by atoms with Crippen molar-refractivity contribution in [1.82, 2.24) is 9.55 Å². The van der Waals surface area contributed by atoms with E-state index in [4.69, 9.17) is 5.73 Å². The number of thioether (sulfide) groups is 1. The minimum atomic E-state index is -0.676. The second-order valence-corrected chi connectivity index (χ2v) is 8.53. The Labute approximate surface area is 184 Å². The van der Waals surface area contributed by atoms with Crippen molar-refractivity contribution >= 4 is 29.2 Å². The highest BCUT2D eigenvalue weighted by molar-refractivity contribution is 7.99. The number of rotatable bonds is 7. The van der Waals surface area contributed by atoms with Crippen LogP contribution in [0.4, 0.5) is 11.5 Å². The van der Waals surface area contributed by atoms with Gasteiger partial charge in [-0.25, -0.2) is 4.79 Å². The summed E-state index contributed by atoms with van der Waals surface area (Å²) in [4.78, 5) is 42.1. The summed E-state index contributed by atoms with van der Waals surface area (Å²) in [5.41, 5.74) is 8.14. The number of H-pyrrole nitrogens is 1. The molecule has 0 aliphatic carbocycles. The maximum atomic E-state index is 12.7. The number of amides is 1. The van der Waals surface area contributed by atoms with Gasteiger partial charge in [0.25, 0.3) is 5.56 Å². The van der Waals surface area contributed by atoms with Crippen molar-refractivity contribution in [2.75, 3.05) is 23.4 Å². The summed E-state index contributed by atoms with van der Waals surface area (Å²) in [6, 6.07) is 15.5. The molecule has 3 N–H and O–H groups in total. The third-order valence-electron chi connectivity index (χ3n) is 5.17. The van der Waals surface area contributed by atoms with Gasteiger partial charge in [-0.15, -0.1) is 11.8 Å². The molecule has 162 valence electrons. The van der Waals surface area contributed by atoms with E-state index < -0.39 is 11.2 Å². The molecule has 2 aromatic carbocycles. The van der Waals surface area contributed by atoms with Crippen molar-refractivity contribution in [2.45, 2.75) is 31.7 Å². The van der Waals surface area contributed by atoms with E-state index in [2.05, 4.69) is 31.0 Å². The lowest BCUT2D eigenvalue weighted by molar-refractivity contribution is -0.117. The van der Waals surface area contributed by atoms with E-state index in [0.717, 1.165) is 10.5 Å². The number of aromatic nitrogens is 2. The average molecular weight is 439 g/mol. The van der Waals surface area contributed by atoms with E-state index in [-0.39, 0.29) is 30.4 Å². The van der Waals surface area contributed by atoms with Crippen LogP contribution < -0.4 is 21.9 Å². The van der Waals surface area contributed by atoms with Gasteiger partial charge >= 0.3 is 5.69 Å². The molecule has 0 atom stereocenters. The first-order valence-corrected chi connectivity index (χ1v) is 10.9. The zero-order chi connectivity index (χ0) is 22.5. The summed E-state index contributed by atoms with van der Waals surface area (Å²) in [7, 11) is 1.50. The third kappa shape index (κ3) is 5.27. The van der Waals surface area contributed by atoms with E-state index in [1.165, 1.54) is 27.6 Å². The van der Waals surface area contributed by atoms with Gasteiger partial charge in [-0.2, -0.15) is 0 Å². The number of anilines is 2. The molecule has 0 aliphatic rings. The number of hydrogen-bond acceptors (Lipinski definition) is 5. The standard InChI is InChI=1S/C23H26N4O3S/c1-15-9-10-18(13-16(15)2)31-12-11-19(28)26(3)20-21(24)27(23(30)25-22(20)29)14-17-7-5-4-6-8-17/h4-10,13H,11-12,14,24H2,1-3H3,(H,25,29,30). The van der Waals surface area contributed by atoms with Crippen molar-refractivity contribution in [3.8, 4) is 0 Å². The van der Waals surface area contributed by atoms with Crippen LogP contribution in [0.3, 0.4) is 0 Å². The van der Waals surface area contributed by atoms with Gasteiger partial charge in [0.15, 0.2) is 5.69 Å². The Morgan fingerprint density at radius 2 is 1.81 bits per heavy atom. The van der Waals surface area contributed by atoms with Crippen molar-refractivity contribution in [2.24, 2.45) is 0 Å². The molecular weight excluding hydrogens is 412 g/mol. The number of benzene rings is 2. The van der Waals surface area contributed by atoms with Gasteiger partial charge < -0.3 is 10.6 Å². The zero-order valence-electron chi connectivity index (χ0n) is 17.8. The summed E-state index contributed by atoms with van der Waals surface area (Å²) >= 11 is 1.58. The molecule has 0 bridgehead atoms. The van der Waals surface area contributed by atoms with Crippen LogP contribution in [-0.2, 0) is 11.3 Å². The molecule has 31 heavy (non-hydrogen) atoms. The van der Waals surface area contributed by atoms with Gasteiger partial charge in [0.1, 0.15) is 5.82 Å². The Balaban J connectivity index is 1.75. The normalized spacial score (nSPS) is 10.8. The minimum Gasteiger partial charge on any atom is -0.383 e. The largest absolute Gasteiger partial charge is 0.383 e. The fourth-order valence-electron chi connectivity index (χ4n) is 3.18. The molecule has 1 heterocycles. The predicted molar refractivity (Wildman–Crippen MR) is 126 cm³/mol. The maximum absolute atomic E-state index is 12.7. The number of nitrogens with one attached hydrogen (secondary N) is 1. The lowest BCUT2D eigenvalue weighted by atomic mass is 10.1. The number of nitrogens with zero attached hydrogens (tertiary/aromatic N) is 2. The molecule has 0 fully saturated rings. The smallest absolute Gasteiger partial charge is 0.330 e. The molecule has 0 unspecified atom stereocenters.